The quantitative estimate of drug-likeness (QED) is 0.770. The van der Waals surface area contributed by atoms with E-state index in [4.69, 9.17) is 9.15 Å². The Morgan fingerprint density at radius 1 is 1.21 bits per heavy atom. The van der Waals surface area contributed by atoms with Crippen LogP contribution in [0.25, 0.3) is 22.4 Å². The number of fused-ring (bicyclic) bond motifs is 1. The molecule has 0 aliphatic rings. The van der Waals surface area contributed by atoms with Crippen molar-refractivity contribution >= 4 is 22.9 Å². The second kappa shape index (κ2) is 6.41. The molecule has 0 aliphatic carbocycles. The number of para-hydroxylation sites is 1. The lowest BCUT2D eigenvalue weighted by Crippen LogP contribution is -2.15. The molecule has 2 aromatic heterocycles. The first-order valence-corrected chi connectivity index (χ1v) is 7.29. The molecule has 3 aromatic rings. The van der Waals surface area contributed by atoms with Gasteiger partial charge < -0.3 is 14.1 Å². The number of benzene rings is 1. The number of aromatic amines is 1. The highest BCUT2D eigenvalue weighted by molar-refractivity contribution is 5.91. The van der Waals surface area contributed by atoms with Gasteiger partial charge in [-0.05, 0) is 19.1 Å². The average Bonchev–Trinajstić information content (AvgIpc) is 2.55. The molecule has 122 valence electrons. The summed E-state index contributed by atoms with van der Waals surface area (Å²) in [5, 5.41) is 2.55. The Labute approximate surface area is 135 Å². The van der Waals surface area contributed by atoms with Gasteiger partial charge in [0.1, 0.15) is 11.1 Å². The molecular formula is C17H14N2O5. The Hall–Kier alpha value is -3.35. The number of carbonyl (C=O) groups excluding carboxylic acids is 1. The van der Waals surface area contributed by atoms with Crippen molar-refractivity contribution < 1.29 is 13.9 Å². The van der Waals surface area contributed by atoms with Crippen LogP contribution >= 0.6 is 0 Å². The number of carbonyl (C=O) groups is 1. The van der Waals surface area contributed by atoms with Gasteiger partial charge in [-0.15, -0.1) is 0 Å². The minimum atomic E-state index is -0.610. The van der Waals surface area contributed by atoms with Gasteiger partial charge in [0.2, 0.25) is 5.71 Å². The summed E-state index contributed by atoms with van der Waals surface area (Å²) in [6, 6.07) is 9.30. The molecule has 1 aromatic carbocycles. The molecule has 0 spiro atoms. The summed E-state index contributed by atoms with van der Waals surface area (Å²) < 4.78 is 10.5. The standard InChI is InChI=1S/C17H14N2O5/c1-2-23-17(22)19-11-6-4-3-5-10(11)14-9-13(21)15-12(20)7-8-18-16(15)24-14/h3-9H,2H2,1H3,(H,18,20)(H,19,22). The van der Waals surface area contributed by atoms with Gasteiger partial charge in [-0.25, -0.2) is 4.79 Å². The molecule has 2 N–H and O–H groups in total. The van der Waals surface area contributed by atoms with Crippen LogP contribution in [0.1, 0.15) is 6.92 Å². The molecule has 3 rings (SSSR count). The van der Waals surface area contributed by atoms with Crippen molar-refractivity contribution in [1.82, 2.24) is 4.98 Å². The van der Waals surface area contributed by atoms with Crippen molar-refractivity contribution in [3.8, 4) is 11.3 Å². The predicted molar refractivity (Wildman–Crippen MR) is 89.2 cm³/mol. The van der Waals surface area contributed by atoms with Crippen molar-refractivity contribution in [3.63, 3.8) is 0 Å². The summed E-state index contributed by atoms with van der Waals surface area (Å²) in [5.74, 6) is 0.224. The third-order valence-corrected chi connectivity index (χ3v) is 3.35. The Morgan fingerprint density at radius 2 is 2.00 bits per heavy atom. The summed E-state index contributed by atoms with van der Waals surface area (Å²) in [4.78, 5) is 38.4. The molecule has 0 saturated heterocycles. The zero-order valence-electron chi connectivity index (χ0n) is 12.8. The van der Waals surface area contributed by atoms with E-state index in [-0.39, 0.29) is 23.5 Å². The average molecular weight is 326 g/mol. The molecule has 7 heteroatoms. The minimum Gasteiger partial charge on any atom is -0.450 e. The molecule has 0 aliphatic heterocycles. The van der Waals surface area contributed by atoms with E-state index in [9.17, 15) is 14.4 Å². The van der Waals surface area contributed by atoms with Gasteiger partial charge in [0.05, 0.1) is 12.3 Å². The molecule has 0 saturated carbocycles. The normalized spacial score (nSPS) is 10.5. The van der Waals surface area contributed by atoms with E-state index in [1.807, 2.05) is 0 Å². The summed E-state index contributed by atoms with van der Waals surface area (Å²) in [6.07, 6.45) is 0.793. The summed E-state index contributed by atoms with van der Waals surface area (Å²) in [5.41, 5.74) is 0.128. The van der Waals surface area contributed by atoms with Crippen molar-refractivity contribution in [3.05, 3.63) is 63.0 Å². The predicted octanol–water partition coefficient (Wildman–Crippen LogP) is 2.72. The fraction of sp³-hybridized carbons (Fsp3) is 0.118. The number of nitrogens with one attached hydrogen (secondary N) is 2. The van der Waals surface area contributed by atoms with Gasteiger partial charge in [-0.2, -0.15) is 0 Å². The van der Waals surface area contributed by atoms with Crippen LogP contribution in [0.5, 0.6) is 0 Å². The molecule has 24 heavy (non-hydrogen) atoms. The van der Waals surface area contributed by atoms with E-state index in [2.05, 4.69) is 10.3 Å². The molecule has 7 nitrogen and oxygen atoms in total. The Bertz CT molecular complexity index is 1020. The summed E-state index contributed by atoms with van der Waals surface area (Å²) >= 11 is 0. The second-order valence-electron chi connectivity index (χ2n) is 4.91. The fourth-order valence-electron chi connectivity index (χ4n) is 2.32. The first-order chi connectivity index (χ1) is 11.6. The van der Waals surface area contributed by atoms with Crippen LogP contribution in [0, 0.1) is 0 Å². The Kier molecular flexibility index (Phi) is 4.15. The SMILES string of the molecule is CCOC(=O)Nc1ccccc1-c1cc(=O)c2c(=O)cc[nH]c2o1. The maximum Gasteiger partial charge on any atom is 0.411 e. The van der Waals surface area contributed by atoms with Crippen LogP contribution in [-0.2, 0) is 4.74 Å². The smallest absolute Gasteiger partial charge is 0.411 e. The highest BCUT2D eigenvalue weighted by atomic mass is 16.5. The maximum atomic E-state index is 12.2. The van der Waals surface area contributed by atoms with Crippen LogP contribution in [0.4, 0.5) is 10.5 Å². The van der Waals surface area contributed by atoms with Gasteiger partial charge in [-0.1, -0.05) is 12.1 Å². The monoisotopic (exact) mass is 326 g/mol. The molecule has 0 unspecified atom stereocenters. The van der Waals surface area contributed by atoms with Crippen LogP contribution in [0.2, 0.25) is 0 Å². The number of H-pyrrole nitrogens is 1. The molecule has 0 atom stereocenters. The number of amides is 1. The van der Waals surface area contributed by atoms with Gasteiger partial charge in [0.15, 0.2) is 10.9 Å². The molecule has 0 radical (unpaired) electrons. The lowest BCUT2D eigenvalue weighted by atomic mass is 10.1. The van der Waals surface area contributed by atoms with Crippen molar-refractivity contribution in [2.24, 2.45) is 0 Å². The zero-order valence-corrected chi connectivity index (χ0v) is 12.8. The van der Waals surface area contributed by atoms with E-state index in [0.29, 0.717) is 11.3 Å². The number of aromatic nitrogens is 1. The van der Waals surface area contributed by atoms with Gasteiger partial charge in [0.25, 0.3) is 0 Å². The van der Waals surface area contributed by atoms with E-state index >= 15 is 0 Å². The zero-order chi connectivity index (χ0) is 17.1. The molecule has 0 bridgehead atoms. The van der Waals surface area contributed by atoms with Crippen LogP contribution in [0.3, 0.4) is 0 Å². The van der Waals surface area contributed by atoms with Crippen LogP contribution in [0.15, 0.2) is 56.6 Å². The number of anilines is 1. The van der Waals surface area contributed by atoms with Crippen LogP contribution < -0.4 is 16.2 Å². The minimum absolute atomic E-state index is 0.0444. The third kappa shape index (κ3) is 2.91. The molecule has 1 amide bonds. The highest BCUT2D eigenvalue weighted by Gasteiger charge is 2.14. The molecular weight excluding hydrogens is 312 g/mol. The third-order valence-electron chi connectivity index (χ3n) is 3.35. The molecule has 2 heterocycles. The van der Waals surface area contributed by atoms with Gasteiger partial charge >= 0.3 is 6.09 Å². The fourth-order valence-corrected chi connectivity index (χ4v) is 2.32. The van der Waals surface area contributed by atoms with E-state index in [1.165, 1.54) is 18.3 Å². The Balaban J connectivity index is 2.13. The van der Waals surface area contributed by atoms with Crippen molar-refractivity contribution in [1.29, 1.82) is 0 Å². The second-order valence-corrected chi connectivity index (χ2v) is 4.91. The van der Waals surface area contributed by atoms with Gasteiger partial charge in [-0.3, -0.25) is 14.9 Å². The number of hydrogen-bond donors (Lipinski definition) is 2. The van der Waals surface area contributed by atoms with Crippen LogP contribution in [-0.4, -0.2) is 17.7 Å². The first kappa shape index (κ1) is 15.5. The van der Waals surface area contributed by atoms with E-state index < -0.39 is 17.0 Å². The largest absolute Gasteiger partial charge is 0.450 e. The Morgan fingerprint density at radius 3 is 2.79 bits per heavy atom. The number of pyridine rings is 1. The summed E-state index contributed by atoms with van der Waals surface area (Å²) in [7, 11) is 0. The van der Waals surface area contributed by atoms with Crippen molar-refractivity contribution in [2.45, 2.75) is 6.92 Å². The van der Waals surface area contributed by atoms with Gasteiger partial charge in [0, 0.05) is 23.9 Å². The summed E-state index contributed by atoms with van der Waals surface area (Å²) in [6.45, 7) is 1.94. The number of rotatable bonds is 3. The number of ether oxygens (including phenoxy) is 1. The number of hydrogen-bond acceptors (Lipinski definition) is 5. The van der Waals surface area contributed by atoms with Crippen molar-refractivity contribution in [2.75, 3.05) is 11.9 Å². The maximum absolute atomic E-state index is 12.2. The molecule has 0 fully saturated rings. The van der Waals surface area contributed by atoms with E-state index in [1.54, 1.807) is 31.2 Å². The lowest BCUT2D eigenvalue weighted by molar-refractivity contribution is 0.168. The highest BCUT2D eigenvalue weighted by Crippen LogP contribution is 2.28. The topological polar surface area (TPSA) is 101 Å². The lowest BCUT2D eigenvalue weighted by Gasteiger charge is -2.10. The first-order valence-electron chi connectivity index (χ1n) is 7.29. The van der Waals surface area contributed by atoms with E-state index in [0.717, 1.165) is 0 Å².